The van der Waals surface area contributed by atoms with Gasteiger partial charge in [0.2, 0.25) is 0 Å². The minimum Gasteiger partial charge on any atom is -0.467 e. The van der Waals surface area contributed by atoms with Crippen LogP contribution in [-0.4, -0.2) is 39.1 Å². The number of carbonyl (C=O) groups excluding carboxylic acids is 1. The molecular weight excluding hydrogens is 234 g/mol. The van der Waals surface area contributed by atoms with E-state index in [1.54, 1.807) is 7.11 Å². The number of rotatable bonds is 3. The summed E-state index contributed by atoms with van der Waals surface area (Å²) in [6, 6.07) is 9.46. The highest BCUT2D eigenvalue weighted by molar-refractivity contribution is 5.76. The number of ether oxygens (including phenoxy) is 3. The smallest absolute Gasteiger partial charge is 0.337 e. The molecule has 3 atom stereocenters. The molecule has 0 radical (unpaired) electrons. The van der Waals surface area contributed by atoms with E-state index in [4.69, 9.17) is 14.2 Å². The summed E-state index contributed by atoms with van der Waals surface area (Å²) in [5.41, 5.74) is 0.988. The summed E-state index contributed by atoms with van der Waals surface area (Å²) in [5.74, 6) is -0.405. The summed E-state index contributed by atoms with van der Waals surface area (Å²) in [7, 11) is 2.90. The van der Waals surface area contributed by atoms with E-state index in [-0.39, 0.29) is 6.04 Å². The lowest BCUT2D eigenvalue weighted by Crippen LogP contribution is -2.51. The van der Waals surface area contributed by atoms with Crippen LogP contribution in [0.15, 0.2) is 30.3 Å². The molecule has 0 bridgehead atoms. The Balaban J connectivity index is 2.20. The molecule has 0 amide bonds. The zero-order valence-electron chi connectivity index (χ0n) is 10.5. The van der Waals surface area contributed by atoms with Gasteiger partial charge in [0.05, 0.1) is 13.2 Å². The van der Waals surface area contributed by atoms with Crippen LogP contribution >= 0.6 is 0 Å². The first-order valence-electron chi connectivity index (χ1n) is 5.80. The molecule has 1 saturated heterocycles. The van der Waals surface area contributed by atoms with E-state index in [0.29, 0.717) is 6.54 Å². The fraction of sp³-hybridized carbons (Fsp3) is 0.462. The molecule has 0 saturated carbocycles. The maximum atomic E-state index is 11.8. The molecule has 18 heavy (non-hydrogen) atoms. The minimum atomic E-state index is -0.698. The lowest BCUT2D eigenvalue weighted by molar-refractivity contribution is -0.202. The molecule has 1 aliphatic heterocycles. The second kappa shape index (κ2) is 5.95. The Kier molecular flexibility index (Phi) is 4.30. The highest BCUT2D eigenvalue weighted by Gasteiger charge is 2.37. The Morgan fingerprint density at radius 1 is 1.33 bits per heavy atom. The van der Waals surface area contributed by atoms with Crippen molar-refractivity contribution in [3.63, 3.8) is 0 Å². The summed E-state index contributed by atoms with van der Waals surface area (Å²) in [6.45, 7) is 0.531. The van der Waals surface area contributed by atoms with Crippen LogP contribution in [0.4, 0.5) is 0 Å². The summed E-state index contributed by atoms with van der Waals surface area (Å²) < 4.78 is 15.5. The molecule has 5 heteroatoms. The van der Waals surface area contributed by atoms with Crippen molar-refractivity contribution in [1.29, 1.82) is 0 Å². The van der Waals surface area contributed by atoms with Crippen LogP contribution in [0.5, 0.6) is 0 Å². The van der Waals surface area contributed by atoms with Gasteiger partial charge in [0.1, 0.15) is 0 Å². The average Bonchev–Trinajstić information content (AvgIpc) is 2.46. The van der Waals surface area contributed by atoms with Gasteiger partial charge < -0.3 is 19.5 Å². The third kappa shape index (κ3) is 2.69. The second-order valence-corrected chi connectivity index (χ2v) is 4.04. The molecule has 1 aromatic carbocycles. The van der Waals surface area contributed by atoms with Gasteiger partial charge >= 0.3 is 5.97 Å². The van der Waals surface area contributed by atoms with E-state index in [2.05, 4.69) is 5.32 Å². The van der Waals surface area contributed by atoms with Gasteiger partial charge in [0.25, 0.3) is 0 Å². The van der Waals surface area contributed by atoms with E-state index >= 15 is 0 Å². The lowest BCUT2D eigenvalue weighted by Gasteiger charge is -2.35. The first-order valence-corrected chi connectivity index (χ1v) is 5.80. The Labute approximate surface area is 106 Å². The first kappa shape index (κ1) is 13.0. The maximum Gasteiger partial charge on any atom is 0.337 e. The summed E-state index contributed by atoms with van der Waals surface area (Å²) >= 11 is 0. The largest absolute Gasteiger partial charge is 0.467 e. The van der Waals surface area contributed by atoms with E-state index in [1.807, 2.05) is 30.3 Å². The zero-order valence-corrected chi connectivity index (χ0v) is 10.5. The third-order valence-corrected chi connectivity index (χ3v) is 2.96. The Morgan fingerprint density at radius 3 is 2.67 bits per heavy atom. The quantitative estimate of drug-likeness (QED) is 0.807. The topological polar surface area (TPSA) is 56.8 Å². The molecule has 0 unspecified atom stereocenters. The average molecular weight is 251 g/mol. The molecule has 5 nitrogen and oxygen atoms in total. The first-order chi connectivity index (χ1) is 8.76. The van der Waals surface area contributed by atoms with Gasteiger partial charge in [0, 0.05) is 13.7 Å². The molecule has 0 aliphatic carbocycles. The van der Waals surface area contributed by atoms with Crippen LogP contribution in [0.3, 0.4) is 0 Å². The molecule has 1 aliphatic rings. The number of hydrogen-bond donors (Lipinski definition) is 1. The van der Waals surface area contributed by atoms with Crippen LogP contribution < -0.4 is 5.32 Å². The molecule has 0 aromatic heterocycles. The maximum absolute atomic E-state index is 11.8. The van der Waals surface area contributed by atoms with Gasteiger partial charge in [-0.25, -0.2) is 4.79 Å². The van der Waals surface area contributed by atoms with Gasteiger partial charge in [-0.2, -0.15) is 0 Å². The van der Waals surface area contributed by atoms with Gasteiger partial charge in [-0.15, -0.1) is 0 Å². The molecule has 0 spiro atoms. The third-order valence-electron chi connectivity index (χ3n) is 2.96. The van der Waals surface area contributed by atoms with Crippen molar-refractivity contribution in [3.05, 3.63) is 35.9 Å². The lowest BCUT2D eigenvalue weighted by atomic mass is 10.00. The van der Waals surface area contributed by atoms with Crippen molar-refractivity contribution < 1.29 is 19.0 Å². The minimum absolute atomic E-state index is 0.218. The molecule has 2 rings (SSSR count). The highest BCUT2D eigenvalue weighted by atomic mass is 16.7. The van der Waals surface area contributed by atoms with Crippen molar-refractivity contribution in [1.82, 2.24) is 5.32 Å². The number of methoxy groups -OCH3 is 2. The predicted octanol–water partition coefficient (Wildman–Crippen LogP) is 0.862. The second-order valence-electron chi connectivity index (χ2n) is 4.04. The van der Waals surface area contributed by atoms with Crippen molar-refractivity contribution in [2.45, 2.75) is 18.4 Å². The number of nitrogens with one attached hydrogen (secondary N) is 1. The van der Waals surface area contributed by atoms with Crippen molar-refractivity contribution in [2.75, 3.05) is 20.8 Å². The van der Waals surface area contributed by atoms with Gasteiger partial charge in [0.15, 0.2) is 12.4 Å². The number of carbonyl (C=O) groups is 1. The predicted molar refractivity (Wildman–Crippen MR) is 64.9 cm³/mol. The summed E-state index contributed by atoms with van der Waals surface area (Å²) in [4.78, 5) is 11.8. The van der Waals surface area contributed by atoms with Crippen LogP contribution in [0.2, 0.25) is 0 Å². The molecule has 1 heterocycles. The molecule has 98 valence electrons. The van der Waals surface area contributed by atoms with Crippen LogP contribution in [0.1, 0.15) is 11.6 Å². The van der Waals surface area contributed by atoms with E-state index in [0.717, 1.165) is 5.56 Å². The van der Waals surface area contributed by atoms with Crippen molar-refractivity contribution in [3.8, 4) is 0 Å². The van der Waals surface area contributed by atoms with Gasteiger partial charge in [-0.3, -0.25) is 0 Å². The number of esters is 1. The van der Waals surface area contributed by atoms with Crippen LogP contribution in [0.25, 0.3) is 0 Å². The van der Waals surface area contributed by atoms with Gasteiger partial charge in [-0.05, 0) is 5.56 Å². The standard InChI is InChI=1S/C13H17NO4/c1-16-10-8-14-11(9-6-4-3-5-7-9)12(18-10)13(15)17-2/h3-7,10-12,14H,8H2,1-2H3/t10-,11-,12+/m0/s1. The Hall–Kier alpha value is -1.43. The normalized spacial score (nSPS) is 27.8. The van der Waals surface area contributed by atoms with Crippen LogP contribution in [-0.2, 0) is 19.0 Å². The van der Waals surface area contributed by atoms with E-state index in [9.17, 15) is 4.79 Å². The Bertz CT molecular complexity index is 395. The molecule has 1 fully saturated rings. The summed E-state index contributed by atoms with van der Waals surface area (Å²) in [6.07, 6.45) is -1.13. The van der Waals surface area contributed by atoms with Crippen LogP contribution in [0, 0.1) is 0 Å². The highest BCUT2D eigenvalue weighted by Crippen LogP contribution is 2.25. The number of morpholine rings is 1. The van der Waals surface area contributed by atoms with Gasteiger partial charge in [-0.1, -0.05) is 30.3 Å². The molecule has 1 N–H and O–H groups in total. The summed E-state index contributed by atoms with van der Waals surface area (Å²) in [5, 5.41) is 3.25. The fourth-order valence-corrected chi connectivity index (χ4v) is 2.02. The van der Waals surface area contributed by atoms with E-state index < -0.39 is 18.4 Å². The number of hydrogen-bond acceptors (Lipinski definition) is 5. The fourth-order valence-electron chi connectivity index (χ4n) is 2.02. The molecular formula is C13H17NO4. The SMILES string of the molecule is COC(=O)[C@@H]1O[C@H](OC)CN[C@H]1c1ccccc1. The van der Waals surface area contributed by atoms with E-state index in [1.165, 1.54) is 7.11 Å². The molecule has 1 aromatic rings. The van der Waals surface area contributed by atoms with Crippen molar-refractivity contribution in [2.24, 2.45) is 0 Å². The Morgan fingerprint density at radius 2 is 2.06 bits per heavy atom. The van der Waals surface area contributed by atoms with Crippen molar-refractivity contribution >= 4 is 5.97 Å². The monoisotopic (exact) mass is 251 g/mol. The number of benzene rings is 1. The zero-order chi connectivity index (χ0) is 13.0.